The van der Waals surface area contributed by atoms with Crippen molar-refractivity contribution < 1.29 is 23.6 Å². The number of aryl methyl sites for hydroxylation is 2. The maximum Gasteiger partial charge on any atom is 0.367 e. The Morgan fingerprint density at radius 3 is 2.27 bits per heavy atom. The number of fused-ring (bicyclic) bond motifs is 1. The summed E-state index contributed by atoms with van der Waals surface area (Å²) in [5, 5.41) is 0.491. The second-order valence-electron chi connectivity index (χ2n) is 4.87. The molecule has 0 spiro atoms. The van der Waals surface area contributed by atoms with Crippen molar-refractivity contribution >= 4 is 17.8 Å². The summed E-state index contributed by atoms with van der Waals surface area (Å²) in [6.45, 7) is 3.51. The van der Waals surface area contributed by atoms with E-state index in [2.05, 4.69) is 0 Å². The van der Waals surface area contributed by atoms with E-state index in [1.165, 1.54) is 12.1 Å². The number of hydrogen-bond donors (Lipinski definition) is 0. The van der Waals surface area contributed by atoms with Crippen LogP contribution in [0.3, 0.4) is 0 Å². The molecule has 2 aromatic rings. The van der Waals surface area contributed by atoms with Crippen LogP contribution >= 0.6 is 0 Å². The minimum absolute atomic E-state index is 0.202. The SMILES string of the molecule is CCc1cc(C(=O)ON2C(=O)c3ccccc3C2=O)c(C)o1. The lowest BCUT2D eigenvalue weighted by Crippen LogP contribution is -2.32. The van der Waals surface area contributed by atoms with Crippen molar-refractivity contribution in [2.75, 3.05) is 0 Å². The van der Waals surface area contributed by atoms with Gasteiger partial charge in [-0.25, -0.2) is 4.79 Å². The first-order chi connectivity index (χ1) is 10.5. The van der Waals surface area contributed by atoms with E-state index in [1.54, 1.807) is 25.1 Å². The summed E-state index contributed by atoms with van der Waals surface area (Å²) >= 11 is 0. The largest absolute Gasteiger partial charge is 0.465 e. The van der Waals surface area contributed by atoms with Crippen LogP contribution in [0.15, 0.2) is 34.7 Å². The summed E-state index contributed by atoms with van der Waals surface area (Å²) in [6.07, 6.45) is 0.626. The Labute approximate surface area is 126 Å². The number of hydrogen-bond acceptors (Lipinski definition) is 5. The fourth-order valence-corrected chi connectivity index (χ4v) is 2.30. The van der Waals surface area contributed by atoms with Gasteiger partial charge in [0.2, 0.25) is 0 Å². The quantitative estimate of drug-likeness (QED) is 0.814. The third kappa shape index (κ3) is 2.09. The maximum absolute atomic E-state index is 12.2. The van der Waals surface area contributed by atoms with E-state index >= 15 is 0 Å². The number of amides is 2. The van der Waals surface area contributed by atoms with E-state index in [-0.39, 0.29) is 16.7 Å². The zero-order valence-corrected chi connectivity index (χ0v) is 12.1. The van der Waals surface area contributed by atoms with Crippen molar-refractivity contribution in [3.63, 3.8) is 0 Å². The molecule has 0 fully saturated rings. The van der Waals surface area contributed by atoms with E-state index in [0.29, 0.717) is 23.0 Å². The molecule has 6 heteroatoms. The standard InChI is InChI=1S/C16H13NO5/c1-3-10-8-13(9(2)21-10)16(20)22-17-14(18)11-6-4-5-7-12(11)15(17)19/h4-8H,3H2,1-2H3. The van der Waals surface area contributed by atoms with Crippen LogP contribution in [0.1, 0.15) is 49.5 Å². The molecule has 2 heterocycles. The third-order valence-corrected chi connectivity index (χ3v) is 3.47. The topological polar surface area (TPSA) is 76.8 Å². The Bertz CT molecular complexity index is 755. The van der Waals surface area contributed by atoms with Gasteiger partial charge in [0.1, 0.15) is 17.1 Å². The normalized spacial score (nSPS) is 13.5. The molecule has 2 amide bonds. The van der Waals surface area contributed by atoms with Gasteiger partial charge in [-0.3, -0.25) is 9.59 Å². The molecular weight excluding hydrogens is 286 g/mol. The lowest BCUT2D eigenvalue weighted by atomic mass is 10.1. The first-order valence-corrected chi connectivity index (χ1v) is 6.82. The van der Waals surface area contributed by atoms with Gasteiger partial charge in [-0.2, -0.15) is 0 Å². The summed E-state index contributed by atoms with van der Waals surface area (Å²) in [4.78, 5) is 41.4. The van der Waals surface area contributed by atoms with Crippen LogP contribution in [0.25, 0.3) is 0 Å². The van der Waals surface area contributed by atoms with E-state index in [1.807, 2.05) is 6.92 Å². The van der Waals surface area contributed by atoms with Gasteiger partial charge in [0.05, 0.1) is 11.1 Å². The van der Waals surface area contributed by atoms with Gasteiger partial charge in [0.25, 0.3) is 11.8 Å². The first kappa shape index (κ1) is 14.1. The second kappa shape index (κ2) is 5.14. The lowest BCUT2D eigenvalue weighted by Gasteiger charge is -2.12. The highest BCUT2D eigenvalue weighted by Gasteiger charge is 2.39. The summed E-state index contributed by atoms with van der Waals surface area (Å²) in [5.41, 5.74) is 0.644. The van der Waals surface area contributed by atoms with Crippen LogP contribution in [0.2, 0.25) is 0 Å². The van der Waals surface area contributed by atoms with Crippen LogP contribution in [0.5, 0.6) is 0 Å². The van der Waals surface area contributed by atoms with Gasteiger partial charge in [-0.1, -0.05) is 24.1 Å². The molecule has 112 valence electrons. The average Bonchev–Trinajstić information content (AvgIpc) is 3.01. The highest BCUT2D eigenvalue weighted by Crippen LogP contribution is 2.24. The van der Waals surface area contributed by atoms with Crippen molar-refractivity contribution in [3.05, 3.63) is 58.5 Å². The lowest BCUT2D eigenvalue weighted by molar-refractivity contribution is -0.0585. The molecule has 22 heavy (non-hydrogen) atoms. The van der Waals surface area contributed by atoms with Crippen LogP contribution in [-0.4, -0.2) is 22.8 Å². The molecule has 0 unspecified atom stereocenters. The molecule has 0 atom stereocenters. The number of carbonyl (C=O) groups excluding carboxylic acids is 3. The fraction of sp³-hybridized carbons (Fsp3) is 0.188. The fourth-order valence-electron chi connectivity index (χ4n) is 2.30. The second-order valence-corrected chi connectivity index (χ2v) is 4.87. The van der Waals surface area contributed by atoms with E-state index < -0.39 is 17.8 Å². The Balaban J connectivity index is 1.85. The van der Waals surface area contributed by atoms with Gasteiger partial charge in [0, 0.05) is 6.42 Å². The van der Waals surface area contributed by atoms with E-state index in [0.717, 1.165) is 0 Å². The number of nitrogens with zero attached hydrogens (tertiary/aromatic N) is 1. The molecule has 1 aromatic carbocycles. The Morgan fingerprint density at radius 2 is 1.77 bits per heavy atom. The number of benzene rings is 1. The van der Waals surface area contributed by atoms with Gasteiger partial charge in [-0.15, -0.1) is 0 Å². The minimum Gasteiger partial charge on any atom is -0.465 e. The van der Waals surface area contributed by atoms with Gasteiger partial charge in [0.15, 0.2) is 0 Å². The molecule has 1 aromatic heterocycles. The zero-order chi connectivity index (χ0) is 15.9. The van der Waals surface area contributed by atoms with Crippen LogP contribution in [0, 0.1) is 6.92 Å². The molecule has 0 saturated carbocycles. The highest BCUT2D eigenvalue weighted by molar-refractivity contribution is 6.21. The number of furan rings is 1. The Kier molecular flexibility index (Phi) is 3.29. The predicted octanol–water partition coefficient (Wildman–Crippen LogP) is 2.52. The van der Waals surface area contributed by atoms with Crippen LogP contribution in [-0.2, 0) is 11.3 Å². The molecule has 0 bridgehead atoms. The van der Waals surface area contributed by atoms with Gasteiger partial charge in [-0.05, 0) is 25.1 Å². The molecule has 6 nitrogen and oxygen atoms in total. The summed E-state index contributed by atoms with van der Waals surface area (Å²) in [5.74, 6) is -1.07. The van der Waals surface area contributed by atoms with Crippen molar-refractivity contribution in [2.24, 2.45) is 0 Å². The van der Waals surface area contributed by atoms with Crippen molar-refractivity contribution in [3.8, 4) is 0 Å². The predicted molar refractivity (Wildman–Crippen MR) is 75.2 cm³/mol. The molecule has 1 aliphatic rings. The third-order valence-electron chi connectivity index (χ3n) is 3.47. The maximum atomic E-state index is 12.2. The Hall–Kier alpha value is -2.89. The molecule has 0 aliphatic carbocycles. The van der Waals surface area contributed by atoms with Crippen LogP contribution < -0.4 is 0 Å². The summed E-state index contributed by atoms with van der Waals surface area (Å²) in [7, 11) is 0. The van der Waals surface area contributed by atoms with Crippen molar-refractivity contribution in [1.82, 2.24) is 5.06 Å². The monoisotopic (exact) mass is 299 g/mol. The summed E-state index contributed by atoms with van der Waals surface area (Å²) < 4.78 is 5.38. The van der Waals surface area contributed by atoms with Gasteiger partial charge >= 0.3 is 5.97 Å². The van der Waals surface area contributed by atoms with Gasteiger partial charge < -0.3 is 9.25 Å². The first-order valence-electron chi connectivity index (χ1n) is 6.82. The number of carbonyl (C=O) groups is 3. The molecule has 0 radical (unpaired) electrons. The number of imide groups is 1. The zero-order valence-electron chi connectivity index (χ0n) is 12.1. The molecule has 3 rings (SSSR count). The van der Waals surface area contributed by atoms with Crippen molar-refractivity contribution in [2.45, 2.75) is 20.3 Å². The van der Waals surface area contributed by atoms with Crippen molar-refractivity contribution in [1.29, 1.82) is 0 Å². The number of hydroxylamine groups is 2. The Morgan fingerprint density at radius 1 is 1.18 bits per heavy atom. The smallest absolute Gasteiger partial charge is 0.367 e. The molecule has 1 aliphatic heterocycles. The molecular formula is C16H13NO5. The highest BCUT2D eigenvalue weighted by atomic mass is 16.7. The van der Waals surface area contributed by atoms with E-state index in [4.69, 9.17) is 9.25 Å². The average molecular weight is 299 g/mol. The summed E-state index contributed by atoms with van der Waals surface area (Å²) in [6, 6.07) is 7.87. The van der Waals surface area contributed by atoms with E-state index in [9.17, 15) is 14.4 Å². The minimum atomic E-state index is -0.796. The molecule has 0 N–H and O–H groups in total. The number of rotatable bonds is 3. The van der Waals surface area contributed by atoms with Crippen LogP contribution in [0.4, 0.5) is 0 Å². The molecule has 0 saturated heterocycles.